The second-order valence-corrected chi connectivity index (χ2v) is 2.22. The Bertz CT molecular complexity index is 143. The largest absolute Gasteiger partial charge is 3.00 e. The van der Waals surface area contributed by atoms with E-state index in [1.165, 1.54) is 11.1 Å². The minimum absolute atomic E-state index is 0. The van der Waals surface area contributed by atoms with E-state index in [0.717, 1.165) is 6.42 Å². The molecule has 0 amide bonds. The summed E-state index contributed by atoms with van der Waals surface area (Å²) in [6, 6.07) is 0. The van der Waals surface area contributed by atoms with E-state index in [-0.39, 0.29) is 47.6 Å². The monoisotopic (exact) mass is 226 g/mol. The van der Waals surface area contributed by atoms with E-state index in [1.807, 2.05) is 0 Å². The predicted octanol–water partition coefficient (Wildman–Crippen LogP) is 3.39. The van der Waals surface area contributed by atoms with Crippen LogP contribution >= 0.6 is 0 Å². The molecule has 0 heterocycles. The Morgan fingerprint density at radius 3 is 2.00 bits per heavy atom. The summed E-state index contributed by atoms with van der Waals surface area (Å²) in [5.74, 6) is 0. The quantitative estimate of drug-likeness (QED) is 0.601. The molecule has 1 heteroatoms. The summed E-state index contributed by atoms with van der Waals surface area (Å²) in [7, 11) is 0. The van der Waals surface area contributed by atoms with Crippen molar-refractivity contribution in [3.8, 4) is 0 Å². The molecule has 0 fully saturated rings. The first-order chi connectivity index (χ1) is 3.83. The zero-order chi connectivity index (χ0) is 5.98. The van der Waals surface area contributed by atoms with Crippen molar-refractivity contribution in [2.75, 3.05) is 0 Å². The maximum Gasteiger partial charge on any atom is 3.00 e. The van der Waals surface area contributed by atoms with Crippen LogP contribution in [-0.2, 0) is 32.7 Å². The van der Waals surface area contributed by atoms with Gasteiger partial charge in [0, 0.05) is 0 Å². The molecule has 0 atom stereocenters. The van der Waals surface area contributed by atoms with Crippen molar-refractivity contribution in [1.29, 1.82) is 0 Å². The van der Waals surface area contributed by atoms with Gasteiger partial charge in [-0.15, -0.1) is 13.0 Å². The van der Waals surface area contributed by atoms with Crippen molar-refractivity contribution < 1.29 is 32.7 Å². The fourth-order valence-electron chi connectivity index (χ4n) is 0.887. The van der Waals surface area contributed by atoms with E-state index in [4.69, 9.17) is 0 Å². The van der Waals surface area contributed by atoms with Gasteiger partial charge in [0.25, 0.3) is 0 Å². The van der Waals surface area contributed by atoms with Gasteiger partial charge in [0.05, 0.1) is 0 Å². The molecule has 0 aromatic carbocycles. The molecule has 0 unspecified atom stereocenters. The molecule has 0 N–H and O–H groups in total. The number of rotatable bonds is 1. The summed E-state index contributed by atoms with van der Waals surface area (Å²) < 4.78 is 0. The van der Waals surface area contributed by atoms with Crippen molar-refractivity contribution >= 4 is 0 Å². The second-order valence-electron chi connectivity index (χ2n) is 2.22. The first-order valence-corrected chi connectivity index (χ1v) is 2.98. The fraction of sp³-hybridized carbons (Fsp3) is 0.300. The van der Waals surface area contributed by atoms with E-state index in [9.17, 15) is 0 Å². The van der Waals surface area contributed by atoms with Crippen LogP contribution in [0.25, 0.3) is 0 Å². The Morgan fingerprint density at radius 2 is 1.82 bits per heavy atom. The predicted molar refractivity (Wildman–Crippen MR) is 49.3 cm³/mol. The van der Waals surface area contributed by atoms with E-state index >= 15 is 0 Å². The van der Waals surface area contributed by atoms with Crippen LogP contribution in [0.1, 0.15) is 20.3 Å². The Hall–Kier alpha value is 0.454. The van der Waals surface area contributed by atoms with Crippen LogP contribution < -0.4 is 0 Å². The van der Waals surface area contributed by atoms with Crippen molar-refractivity contribution in [3.05, 3.63) is 44.6 Å². The third-order valence-electron chi connectivity index (χ3n) is 1.44. The van der Waals surface area contributed by atoms with Gasteiger partial charge >= 0.3 is 32.7 Å². The third-order valence-corrected chi connectivity index (χ3v) is 1.44. The molecular formula is C10H17Y. The second kappa shape index (κ2) is 8.55. The summed E-state index contributed by atoms with van der Waals surface area (Å²) in [5, 5.41) is 0. The maximum absolute atomic E-state index is 2.18. The van der Waals surface area contributed by atoms with E-state index in [0.29, 0.717) is 0 Å². The molecule has 11 heavy (non-hydrogen) atoms. The van der Waals surface area contributed by atoms with Gasteiger partial charge in [-0.05, 0) is 13.3 Å². The maximum atomic E-state index is 2.18. The Balaban J connectivity index is -0.000000213. The minimum atomic E-state index is 0. The normalized spacial score (nSPS) is 12.9. The van der Waals surface area contributed by atoms with Crippen molar-refractivity contribution in [2.45, 2.75) is 20.3 Å². The van der Waals surface area contributed by atoms with Crippen molar-refractivity contribution in [3.63, 3.8) is 0 Å². The molecule has 0 spiro atoms. The average Bonchev–Trinajstić information content (AvgIpc) is 2.14. The third kappa shape index (κ3) is 5.69. The molecule has 0 aliphatic heterocycles. The number of allylic oxidation sites excluding steroid dienone is 4. The standard InChI is InChI=1S/C8H11.2CH3.Y/c1-3-8-5-4-7(2)6-8;;;/h3-5H,6H2,1-2H3;2*1H3;/q3*-1;+3. The minimum Gasteiger partial charge on any atom is -0.358 e. The Morgan fingerprint density at radius 1 is 1.27 bits per heavy atom. The topological polar surface area (TPSA) is 0 Å². The van der Waals surface area contributed by atoms with Crippen LogP contribution in [0.15, 0.2) is 23.3 Å². The first-order valence-electron chi connectivity index (χ1n) is 2.98. The summed E-state index contributed by atoms with van der Waals surface area (Å²) >= 11 is 0. The number of hydrogen-bond donors (Lipinski definition) is 0. The van der Waals surface area contributed by atoms with E-state index in [1.54, 1.807) is 0 Å². The molecule has 0 radical (unpaired) electrons. The van der Waals surface area contributed by atoms with Crippen LogP contribution in [0.5, 0.6) is 0 Å². The van der Waals surface area contributed by atoms with Gasteiger partial charge in [-0.1, -0.05) is 5.57 Å². The van der Waals surface area contributed by atoms with Crippen LogP contribution in [0.4, 0.5) is 0 Å². The molecule has 0 aromatic heterocycles. The first kappa shape index (κ1) is 17.5. The van der Waals surface area contributed by atoms with Gasteiger partial charge in [-0.25, -0.2) is 18.1 Å². The molecule has 0 aromatic rings. The molecule has 1 rings (SSSR count). The van der Waals surface area contributed by atoms with Gasteiger partial charge < -0.3 is 14.9 Å². The summed E-state index contributed by atoms with van der Waals surface area (Å²) in [4.78, 5) is 0. The molecule has 0 saturated carbocycles. The molecule has 1 aliphatic rings. The van der Waals surface area contributed by atoms with Crippen LogP contribution in [0.3, 0.4) is 0 Å². The van der Waals surface area contributed by atoms with Crippen molar-refractivity contribution in [1.82, 2.24) is 0 Å². The van der Waals surface area contributed by atoms with Gasteiger partial charge in [0.1, 0.15) is 0 Å². The fourth-order valence-corrected chi connectivity index (χ4v) is 0.887. The van der Waals surface area contributed by atoms with Gasteiger partial charge in [-0.3, -0.25) is 0 Å². The molecule has 0 saturated heterocycles. The van der Waals surface area contributed by atoms with E-state index in [2.05, 4.69) is 32.4 Å². The van der Waals surface area contributed by atoms with Crippen LogP contribution in [0, 0.1) is 21.3 Å². The smallest absolute Gasteiger partial charge is 0.358 e. The molecule has 0 bridgehead atoms. The molecular weight excluding hydrogens is 209 g/mol. The van der Waals surface area contributed by atoms with Crippen molar-refractivity contribution in [2.24, 2.45) is 0 Å². The molecule has 1 aliphatic carbocycles. The van der Waals surface area contributed by atoms with Gasteiger partial charge in [0.15, 0.2) is 0 Å². The van der Waals surface area contributed by atoms with Crippen LogP contribution in [0.2, 0.25) is 0 Å². The zero-order valence-electron chi connectivity index (χ0n) is 8.02. The average molecular weight is 226 g/mol. The molecule has 60 valence electrons. The van der Waals surface area contributed by atoms with Gasteiger partial charge in [0.2, 0.25) is 0 Å². The van der Waals surface area contributed by atoms with Crippen LogP contribution in [-0.4, -0.2) is 0 Å². The molecule has 0 nitrogen and oxygen atoms in total. The Kier molecular flexibility index (Phi) is 13.6. The SMILES string of the molecule is C[CH-]C1=CC=C(C)C1.[CH3-].[CH3-].[Y+3]. The number of hydrogen-bond acceptors (Lipinski definition) is 0. The summed E-state index contributed by atoms with van der Waals surface area (Å²) in [6.07, 6.45) is 7.67. The van der Waals surface area contributed by atoms with Gasteiger partial charge in [-0.2, -0.15) is 0 Å². The van der Waals surface area contributed by atoms with E-state index < -0.39 is 0 Å². The summed E-state index contributed by atoms with van der Waals surface area (Å²) in [5.41, 5.74) is 2.92. The summed E-state index contributed by atoms with van der Waals surface area (Å²) in [6.45, 7) is 4.24. The Labute approximate surface area is 97.0 Å². The zero-order valence-corrected chi connectivity index (χ0v) is 10.9.